The van der Waals surface area contributed by atoms with Crippen molar-refractivity contribution in [3.63, 3.8) is 0 Å². The third kappa shape index (κ3) is 3.08. The predicted octanol–water partition coefficient (Wildman–Crippen LogP) is 2.71. The van der Waals surface area contributed by atoms with Gasteiger partial charge in [-0.25, -0.2) is 18.6 Å². The van der Waals surface area contributed by atoms with E-state index < -0.39 is 33.8 Å². The lowest BCUT2D eigenvalue weighted by Gasteiger charge is -2.08. The van der Waals surface area contributed by atoms with Crippen LogP contribution in [0.4, 0.5) is 26.0 Å². The minimum absolute atomic E-state index is 0.0535. The lowest BCUT2D eigenvalue weighted by molar-refractivity contribution is -0.385. The number of hydrogen-bond acceptors (Lipinski definition) is 5. The van der Waals surface area contributed by atoms with E-state index in [4.69, 9.17) is 5.11 Å². The molecule has 0 spiro atoms. The number of pyridine rings is 1. The summed E-state index contributed by atoms with van der Waals surface area (Å²) in [5.41, 5.74) is -0.907. The van der Waals surface area contributed by atoms with Crippen LogP contribution in [0.15, 0.2) is 30.5 Å². The molecular formula is C12H7F2N3O4. The van der Waals surface area contributed by atoms with Gasteiger partial charge in [-0.15, -0.1) is 0 Å². The number of aromatic carboxylic acids is 1. The highest BCUT2D eigenvalue weighted by Gasteiger charge is 2.18. The average Bonchev–Trinajstić information content (AvgIpc) is 2.43. The second-order valence-electron chi connectivity index (χ2n) is 3.91. The second-order valence-corrected chi connectivity index (χ2v) is 3.91. The van der Waals surface area contributed by atoms with E-state index in [9.17, 15) is 23.7 Å². The van der Waals surface area contributed by atoms with Gasteiger partial charge in [0.1, 0.15) is 17.6 Å². The zero-order chi connectivity index (χ0) is 15.6. The Bertz CT molecular complexity index is 736. The number of benzene rings is 1. The zero-order valence-corrected chi connectivity index (χ0v) is 10.2. The van der Waals surface area contributed by atoms with Crippen molar-refractivity contribution in [3.05, 3.63) is 57.8 Å². The molecule has 9 heteroatoms. The van der Waals surface area contributed by atoms with Gasteiger partial charge in [-0.2, -0.15) is 0 Å². The molecule has 0 radical (unpaired) electrons. The summed E-state index contributed by atoms with van der Waals surface area (Å²) in [5.74, 6) is -3.86. The third-order valence-electron chi connectivity index (χ3n) is 2.50. The second kappa shape index (κ2) is 5.49. The highest BCUT2D eigenvalue weighted by Crippen LogP contribution is 2.23. The average molecular weight is 295 g/mol. The molecule has 0 aliphatic carbocycles. The molecule has 0 aliphatic heterocycles. The number of nitrogens with one attached hydrogen (secondary N) is 1. The van der Waals surface area contributed by atoms with Crippen molar-refractivity contribution in [1.29, 1.82) is 0 Å². The van der Waals surface area contributed by atoms with E-state index in [0.29, 0.717) is 0 Å². The van der Waals surface area contributed by atoms with E-state index in [1.54, 1.807) is 0 Å². The topological polar surface area (TPSA) is 105 Å². The molecule has 0 saturated heterocycles. The largest absolute Gasteiger partial charge is 0.478 e. The molecule has 1 heterocycles. The molecule has 0 amide bonds. The standard InChI is InChI=1S/C12H7F2N3O4/c13-9-2-1-6(3-10(9)14)16-11-8(12(18)19)4-7(5-15-11)17(20)21/h1-5H,(H,15,16)(H,18,19). The molecule has 0 fully saturated rings. The van der Waals surface area contributed by atoms with Crippen LogP contribution in [-0.2, 0) is 0 Å². The number of hydrogen-bond donors (Lipinski definition) is 2. The van der Waals surface area contributed by atoms with Crippen molar-refractivity contribution < 1.29 is 23.6 Å². The molecule has 0 aliphatic rings. The maximum atomic E-state index is 13.1. The van der Waals surface area contributed by atoms with Crippen molar-refractivity contribution >= 4 is 23.2 Å². The van der Waals surface area contributed by atoms with Crippen LogP contribution in [0.5, 0.6) is 0 Å². The van der Waals surface area contributed by atoms with Crippen LogP contribution in [0.1, 0.15) is 10.4 Å². The van der Waals surface area contributed by atoms with E-state index in [-0.39, 0.29) is 11.5 Å². The van der Waals surface area contributed by atoms with Gasteiger partial charge < -0.3 is 10.4 Å². The molecule has 0 unspecified atom stereocenters. The van der Waals surface area contributed by atoms with Crippen LogP contribution < -0.4 is 5.32 Å². The molecule has 0 bridgehead atoms. The number of halogens is 2. The summed E-state index contributed by atoms with van der Waals surface area (Å²) < 4.78 is 25.9. The Kier molecular flexibility index (Phi) is 3.74. The molecule has 7 nitrogen and oxygen atoms in total. The first kappa shape index (κ1) is 14.3. The smallest absolute Gasteiger partial charge is 0.339 e. The quantitative estimate of drug-likeness (QED) is 0.663. The first-order valence-electron chi connectivity index (χ1n) is 5.48. The third-order valence-corrected chi connectivity index (χ3v) is 2.50. The Morgan fingerprint density at radius 3 is 2.57 bits per heavy atom. The molecule has 2 aromatic rings. The number of carboxylic acid groups (broad SMARTS) is 1. The minimum atomic E-state index is -1.45. The van der Waals surface area contributed by atoms with Gasteiger partial charge in [-0.1, -0.05) is 0 Å². The van der Waals surface area contributed by atoms with Crippen LogP contribution >= 0.6 is 0 Å². The number of carboxylic acids is 1. The summed E-state index contributed by atoms with van der Waals surface area (Å²) in [6.07, 6.45) is 0.856. The highest BCUT2D eigenvalue weighted by molar-refractivity contribution is 5.94. The lowest BCUT2D eigenvalue weighted by atomic mass is 10.2. The number of nitro groups is 1. The Morgan fingerprint density at radius 1 is 1.29 bits per heavy atom. The molecule has 2 rings (SSSR count). The highest BCUT2D eigenvalue weighted by atomic mass is 19.2. The van der Waals surface area contributed by atoms with Crippen LogP contribution in [0.2, 0.25) is 0 Å². The normalized spacial score (nSPS) is 10.2. The predicted molar refractivity (Wildman–Crippen MR) is 67.5 cm³/mol. The van der Waals surface area contributed by atoms with Crippen molar-refractivity contribution in [3.8, 4) is 0 Å². The molecule has 0 saturated carbocycles. The van der Waals surface area contributed by atoms with Gasteiger partial charge in [0.05, 0.1) is 4.92 Å². The van der Waals surface area contributed by atoms with Gasteiger partial charge in [-0.3, -0.25) is 10.1 Å². The molecule has 0 atom stereocenters. The Labute approximate surface area is 116 Å². The minimum Gasteiger partial charge on any atom is -0.478 e. The van der Waals surface area contributed by atoms with Gasteiger partial charge >= 0.3 is 5.97 Å². The van der Waals surface area contributed by atoms with Gasteiger partial charge in [0, 0.05) is 17.8 Å². The van der Waals surface area contributed by atoms with Gasteiger partial charge in [0.25, 0.3) is 5.69 Å². The summed E-state index contributed by atoms with van der Waals surface area (Å²) in [6, 6.07) is 3.65. The Hall–Kier alpha value is -3.10. The summed E-state index contributed by atoms with van der Waals surface area (Å²) in [7, 11) is 0. The molecule has 2 N–H and O–H groups in total. The van der Waals surface area contributed by atoms with Gasteiger partial charge in [-0.05, 0) is 12.1 Å². The van der Waals surface area contributed by atoms with Gasteiger partial charge in [0.2, 0.25) is 0 Å². The van der Waals surface area contributed by atoms with Crippen LogP contribution in [-0.4, -0.2) is 21.0 Å². The number of nitrogens with zero attached hydrogens (tertiary/aromatic N) is 2. The number of anilines is 2. The SMILES string of the molecule is O=C(O)c1cc([N+](=O)[O-])cnc1Nc1ccc(F)c(F)c1. The summed E-state index contributed by atoms with van der Waals surface area (Å²) in [5, 5.41) is 22.1. The summed E-state index contributed by atoms with van der Waals surface area (Å²) in [6.45, 7) is 0. The fourth-order valence-electron chi connectivity index (χ4n) is 1.53. The van der Waals surface area contributed by atoms with E-state index in [1.807, 2.05) is 0 Å². The van der Waals surface area contributed by atoms with Crippen LogP contribution in [0.3, 0.4) is 0 Å². The first-order valence-corrected chi connectivity index (χ1v) is 5.48. The number of aromatic nitrogens is 1. The molecule has 108 valence electrons. The lowest BCUT2D eigenvalue weighted by Crippen LogP contribution is -2.06. The first-order chi connectivity index (χ1) is 9.88. The molecule has 1 aromatic heterocycles. The fraction of sp³-hybridized carbons (Fsp3) is 0. The monoisotopic (exact) mass is 295 g/mol. The van der Waals surface area contributed by atoms with Crippen molar-refractivity contribution in [1.82, 2.24) is 4.98 Å². The molecule has 21 heavy (non-hydrogen) atoms. The van der Waals surface area contributed by atoms with Gasteiger partial charge in [0.15, 0.2) is 11.6 Å². The fourth-order valence-corrected chi connectivity index (χ4v) is 1.53. The summed E-state index contributed by atoms with van der Waals surface area (Å²) >= 11 is 0. The number of carbonyl (C=O) groups is 1. The summed E-state index contributed by atoms with van der Waals surface area (Å²) in [4.78, 5) is 24.5. The van der Waals surface area contributed by atoms with Crippen molar-refractivity contribution in [2.75, 3.05) is 5.32 Å². The van der Waals surface area contributed by atoms with Crippen LogP contribution in [0.25, 0.3) is 0 Å². The molecular weight excluding hydrogens is 288 g/mol. The zero-order valence-electron chi connectivity index (χ0n) is 10.2. The van der Waals surface area contributed by atoms with E-state index >= 15 is 0 Å². The Morgan fingerprint density at radius 2 is 2.00 bits per heavy atom. The van der Waals surface area contributed by atoms with Crippen molar-refractivity contribution in [2.24, 2.45) is 0 Å². The van der Waals surface area contributed by atoms with E-state index in [1.165, 1.54) is 6.07 Å². The number of rotatable bonds is 4. The van der Waals surface area contributed by atoms with E-state index in [2.05, 4.69) is 10.3 Å². The maximum Gasteiger partial charge on any atom is 0.339 e. The maximum absolute atomic E-state index is 13.1. The van der Waals surface area contributed by atoms with E-state index in [0.717, 1.165) is 24.4 Å². The van der Waals surface area contributed by atoms with Crippen molar-refractivity contribution in [2.45, 2.75) is 0 Å². The van der Waals surface area contributed by atoms with Crippen LogP contribution in [0, 0.1) is 21.7 Å². The Balaban J connectivity index is 2.41. The molecule has 1 aromatic carbocycles.